The zero-order valence-electron chi connectivity index (χ0n) is 17.4. The Hall–Kier alpha value is -3.03. The van der Waals surface area contributed by atoms with Gasteiger partial charge in [0.05, 0.1) is 12.8 Å². The molecule has 4 rings (SSSR count). The summed E-state index contributed by atoms with van der Waals surface area (Å²) in [5.74, 6) is 0.779. The van der Waals surface area contributed by atoms with Crippen LogP contribution in [0.1, 0.15) is 28.3 Å². The zero-order chi connectivity index (χ0) is 21.1. The Kier molecular flexibility index (Phi) is 5.92. The largest absolute Gasteiger partial charge is 0.383 e. The van der Waals surface area contributed by atoms with Gasteiger partial charge in [0.25, 0.3) is 0 Å². The number of aromatic amines is 1. The molecule has 0 saturated heterocycles. The molecule has 0 saturated carbocycles. The fourth-order valence-corrected chi connectivity index (χ4v) is 3.98. The Morgan fingerprint density at radius 3 is 2.80 bits per heavy atom. The van der Waals surface area contributed by atoms with Crippen molar-refractivity contribution < 1.29 is 4.74 Å². The molecule has 154 valence electrons. The van der Waals surface area contributed by atoms with Crippen molar-refractivity contribution in [2.75, 3.05) is 13.7 Å². The van der Waals surface area contributed by atoms with Gasteiger partial charge in [-0.25, -0.2) is 0 Å². The van der Waals surface area contributed by atoms with E-state index in [1.165, 1.54) is 22.0 Å². The average molecular weight is 420 g/mol. The molecule has 0 aliphatic carbocycles. The number of aromatic nitrogens is 4. The molecule has 0 atom stereocenters. The Bertz CT molecular complexity index is 1260. The van der Waals surface area contributed by atoms with E-state index in [1.54, 1.807) is 11.8 Å². The molecular formula is C23H25N5OS. The van der Waals surface area contributed by atoms with Crippen molar-refractivity contribution in [1.82, 2.24) is 19.4 Å². The van der Waals surface area contributed by atoms with Crippen molar-refractivity contribution in [3.05, 3.63) is 81.6 Å². The van der Waals surface area contributed by atoms with E-state index in [0.717, 1.165) is 23.6 Å². The minimum Gasteiger partial charge on any atom is -0.383 e. The number of rotatable bonds is 7. The number of H-pyrrole nitrogens is 1. The molecule has 0 spiro atoms. The molecular weight excluding hydrogens is 394 g/mol. The van der Waals surface area contributed by atoms with Crippen LogP contribution in [-0.2, 0) is 17.7 Å². The van der Waals surface area contributed by atoms with Crippen LogP contribution in [0.2, 0.25) is 0 Å². The molecule has 6 nitrogen and oxygen atoms in total. The van der Waals surface area contributed by atoms with E-state index in [0.29, 0.717) is 17.8 Å². The minimum absolute atomic E-state index is 0.481. The predicted octanol–water partition coefficient (Wildman–Crippen LogP) is 4.63. The monoisotopic (exact) mass is 419 g/mol. The van der Waals surface area contributed by atoms with E-state index in [1.807, 2.05) is 6.21 Å². The summed E-state index contributed by atoms with van der Waals surface area (Å²) in [6.07, 6.45) is 2.49. The van der Waals surface area contributed by atoms with Gasteiger partial charge in [-0.2, -0.15) is 14.9 Å². The first-order chi connectivity index (χ1) is 14.6. The fourth-order valence-electron chi connectivity index (χ4n) is 3.78. The van der Waals surface area contributed by atoms with E-state index in [9.17, 15) is 0 Å². The maximum Gasteiger partial charge on any atom is 0.216 e. The quantitative estimate of drug-likeness (QED) is 0.351. The van der Waals surface area contributed by atoms with Gasteiger partial charge in [-0.3, -0.25) is 5.10 Å². The lowest BCUT2D eigenvalue weighted by atomic mass is 10.0. The van der Waals surface area contributed by atoms with Gasteiger partial charge in [-0.05, 0) is 48.5 Å². The molecule has 0 amide bonds. The van der Waals surface area contributed by atoms with Crippen molar-refractivity contribution in [3.63, 3.8) is 0 Å². The van der Waals surface area contributed by atoms with Gasteiger partial charge >= 0.3 is 0 Å². The summed E-state index contributed by atoms with van der Waals surface area (Å²) in [5, 5.41) is 14.4. The second-order valence-electron chi connectivity index (χ2n) is 7.29. The standard InChI is InChI=1S/C23H25N5OS/c1-16-13-20(17(2)27(16)11-12-29-3)15-24-28-22(25-26-23(28)30)14-19-9-6-8-18-7-4-5-10-21(18)19/h4-10,13,15H,11-12,14H2,1-3H3,(H,26,30). The summed E-state index contributed by atoms with van der Waals surface area (Å²) in [7, 11) is 1.72. The number of aryl methyl sites for hydroxylation is 1. The van der Waals surface area contributed by atoms with Crippen molar-refractivity contribution >= 4 is 29.2 Å². The van der Waals surface area contributed by atoms with Crippen LogP contribution in [0.4, 0.5) is 0 Å². The third kappa shape index (κ3) is 3.99. The van der Waals surface area contributed by atoms with E-state index < -0.39 is 0 Å². The topological polar surface area (TPSA) is 60.1 Å². The molecule has 0 aliphatic heterocycles. The van der Waals surface area contributed by atoms with Crippen LogP contribution in [0, 0.1) is 18.6 Å². The summed E-state index contributed by atoms with van der Waals surface area (Å²) in [5.41, 5.74) is 4.58. The van der Waals surface area contributed by atoms with E-state index in [4.69, 9.17) is 17.0 Å². The van der Waals surface area contributed by atoms with E-state index >= 15 is 0 Å². The molecule has 0 bridgehead atoms. The van der Waals surface area contributed by atoms with Crippen LogP contribution in [0.25, 0.3) is 10.8 Å². The summed E-state index contributed by atoms with van der Waals surface area (Å²) in [4.78, 5) is 0. The third-order valence-corrected chi connectivity index (χ3v) is 5.65. The second kappa shape index (κ2) is 8.77. The summed E-state index contributed by atoms with van der Waals surface area (Å²) >= 11 is 5.43. The number of ether oxygens (including phenoxy) is 1. The third-order valence-electron chi connectivity index (χ3n) is 5.39. The summed E-state index contributed by atoms with van der Waals surface area (Å²) in [6, 6.07) is 16.8. The van der Waals surface area contributed by atoms with Crippen molar-refractivity contribution in [1.29, 1.82) is 0 Å². The van der Waals surface area contributed by atoms with Gasteiger partial charge in [-0.1, -0.05) is 42.5 Å². The van der Waals surface area contributed by atoms with E-state index in [-0.39, 0.29) is 0 Å². The molecule has 2 aromatic carbocycles. The lowest BCUT2D eigenvalue weighted by Gasteiger charge is -2.08. The Labute approximate surface area is 180 Å². The van der Waals surface area contributed by atoms with Crippen LogP contribution in [-0.4, -0.2) is 39.4 Å². The SMILES string of the molecule is COCCn1c(C)cc(C=Nn2c(Cc3cccc4ccccc34)n[nH]c2=S)c1C. The summed E-state index contributed by atoms with van der Waals surface area (Å²) in [6.45, 7) is 5.68. The van der Waals surface area contributed by atoms with Gasteiger partial charge in [-0.15, -0.1) is 0 Å². The smallest absolute Gasteiger partial charge is 0.216 e. The molecule has 0 fully saturated rings. The maximum absolute atomic E-state index is 5.43. The highest BCUT2D eigenvalue weighted by Gasteiger charge is 2.10. The molecule has 7 heteroatoms. The van der Waals surface area contributed by atoms with Gasteiger partial charge < -0.3 is 9.30 Å². The molecule has 2 aromatic heterocycles. The molecule has 30 heavy (non-hydrogen) atoms. The lowest BCUT2D eigenvalue weighted by Crippen LogP contribution is -2.07. The lowest BCUT2D eigenvalue weighted by molar-refractivity contribution is 0.186. The molecule has 0 unspecified atom stereocenters. The van der Waals surface area contributed by atoms with Crippen molar-refractivity contribution in [2.24, 2.45) is 5.10 Å². The highest BCUT2D eigenvalue weighted by Crippen LogP contribution is 2.21. The van der Waals surface area contributed by atoms with Crippen LogP contribution >= 0.6 is 12.2 Å². The van der Waals surface area contributed by atoms with Crippen molar-refractivity contribution in [2.45, 2.75) is 26.8 Å². The van der Waals surface area contributed by atoms with Gasteiger partial charge in [0.1, 0.15) is 0 Å². The van der Waals surface area contributed by atoms with E-state index in [2.05, 4.69) is 82.2 Å². The Morgan fingerprint density at radius 1 is 1.17 bits per heavy atom. The number of nitrogens with one attached hydrogen (secondary N) is 1. The average Bonchev–Trinajstić information content (AvgIpc) is 3.23. The second-order valence-corrected chi connectivity index (χ2v) is 7.67. The number of methoxy groups -OCH3 is 1. The first-order valence-electron chi connectivity index (χ1n) is 9.91. The highest BCUT2D eigenvalue weighted by atomic mass is 32.1. The number of nitrogens with zero attached hydrogens (tertiary/aromatic N) is 4. The molecule has 0 radical (unpaired) electrons. The van der Waals surface area contributed by atoms with Crippen LogP contribution in [0.5, 0.6) is 0 Å². The van der Waals surface area contributed by atoms with Crippen LogP contribution in [0.3, 0.4) is 0 Å². The van der Waals surface area contributed by atoms with Crippen LogP contribution < -0.4 is 0 Å². The first-order valence-corrected chi connectivity index (χ1v) is 10.3. The zero-order valence-corrected chi connectivity index (χ0v) is 18.2. The maximum atomic E-state index is 5.43. The van der Waals surface area contributed by atoms with Crippen molar-refractivity contribution in [3.8, 4) is 0 Å². The number of benzene rings is 2. The number of fused-ring (bicyclic) bond motifs is 1. The van der Waals surface area contributed by atoms with Crippen LogP contribution in [0.15, 0.2) is 53.6 Å². The minimum atomic E-state index is 0.481. The molecule has 0 aliphatic rings. The predicted molar refractivity (Wildman–Crippen MR) is 123 cm³/mol. The molecule has 4 aromatic rings. The normalized spacial score (nSPS) is 11.7. The first kappa shape index (κ1) is 20.3. The number of hydrogen-bond donors (Lipinski definition) is 1. The fraction of sp³-hybridized carbons (Fsp3) is 0.261. The van der Waals surface area contributed by atoms with Gasteiger partial charge in [0.2, 0.25) is 4.77 Å². The van der Waals surface area contributed by atoms with Gasteiger partial charge in [0, 0.05) is 37.0 Å². The highest BCUT2D eigenvalue weighted by molar-refractivity contribution is 7.71. The Balaban J connectivity index is 1.64. The van der Waals surface area contributed by atoms with Gasteiger partial charge in [0.15, 0.2) is 5.82 Å². The summed E-state index contributed by atoms with van der Waals surface area (Å²) < 4.78 is 9.64. The molecule has 1 N–H and O–H groups in total. The Morgan fingerprint density at radius 2 is 1.97 bits per heavy atom. The number of hydrogen-bond acceptors (Lipinski definition) is 4. The molecule has 2 heterocycles.